The van der Waals surface area contributed by atoms with Crippen LogP contribution in [0.3, 0.4) is 0 Å². The van der Waals surface area contributed by atoms with E-state index in [1.54, 1.807) is 48.5 Å². The predicted molar refractivity (Wildman–Crippen MR) is 147 cm³/mol. The van der Waals surface area contributed by atoms with E-state index in [2.05, 4.69) is 0 Å². The van der Waals surface area contributed by atoms with E-state index in [0.29, 0.717) is 22.6 Å². The van der Waals surface area contributed by atoms with Crippen molar-refractivity contribution in [3.8, 4) is 17.2 Å². The molecule has 7 nitrogen and oxygen atoms in total. The Morgan fingerprint density at radius 1 is 0.868 bits per heavy atom. The van der Waals surface area contributed by atoms with Gasteiger partial charge in [-0.25, -0.2) is 4.79 Å². The van der Waals surface area contributed by atoms with Crippen LogP contribution in [0.1, 0.15) is 15.9 Å². The fraction of sp³-hybridized carbons (Fsp3) is 0.100. The van der Waals surface area contributed by atoms with Gasteiger partial charge in [0.05, 0.1) is 24.1 Å². The van der Waals surface area contributed by atoms with Crippen molar-refractivity contribution in [3.05, 3.63) is 107 Å². The predicted octanol–water partition coefficient (Wildman–Crippen LogP) is 6.18. The molecule has 1 saturated heterocycles. The number of nitrogens with zero attached hydrogens (tertiary/aromatic N) is 1. The molecule has 0 unspecified atom stereocenters. The number of carbonyl (C=O) groups is 3. The number of imide groups is 1. The van der Waals surface area contributed by atoms with Crippen LogP contribution in [0, 0.1) is 0 Å². The van der Waals surface area contributed by atoms with Gasteiger partial charge in [-0.1, -0.05) is 60.7 Å². The summed E-state index contributed by atoms with van der Waals surface area (Å²) >= 11 is 0.868. The van der Waals surface area contributed by atoms with E-state index in [4.69, 9.17) is 14.2 Å². The van der Waals surface area contributed by atoms with Crippen LogP contribution < -0.4 is 14.2 Å². The Balaban J connectivity index is 1.25. The molecular weight excluding hydrogens is 502 g/mol. The minimum absolute atomic E-state index is 0.128. The molecule has 0 N–H and O–H groups in total. The highest BCUT2D eigenvalue weighted by molar-refractivity contribution is 8.18. The second-order valence-electron chi connectivity index (χ2n) is 8.32. The number of amides is 2. The van der Waals surface area contributed by atoms with Gasteiger partial charge >= 0.3 is 5.97 Å². The standard InChI is InChI=1S/C30H23NO6S/c1-35-26-18-20(14-15-25(26)37-29(33)22-9-3-2-4-10-22)19-27-28(32)31(30(34)38-27)16-17-36-24-13-7-11-21-8-5-6-12-23(21)24/h2-15,18-19H,16-17H2,1H3/b27-19-. The minimum atomic E-state index is -0.511. The number of esters is 1. The third-order valence-electron chi connectivity index (χ3n) is 5.89. The molecule has 4 aromatic rings. The number of hydrogen-bond donors (Lipinski definition) is 0. The number of benzene rings is 4. The van der Waals surface area contributed by atoms with E-state index in [9.17, 15) is 14.4 Å². The molecule has 0 spiro atoms. The monoisotopic (exact) mass is 525 g/mol. The van der Waals surface area contributed by atoms with Gasteiger partial charge < -0.3 is 14.2 Å². The van der Waals surface area contributed by atoms with E-state index < -0.39 is 5.97 Å². The fourth-order valence-corrected chi connectivity index (χ4v) is 4.87. The van der Waals surface area contributed by atoms with Gasteiger partial charge in [-0.05, 0) is 59.1 Å². The summed E-state index contributed by atoms with van der Waals surface area (Å²) in [6, 6.07) is 27.2. The van der Waals surface area contributed by atoms with Crippen molar-refractivity contribution in [2.24, 2.45) is 0 Å². The van der Waals surface area contributed by atoms with Crippen LogP contribution in [-0.4, -0.2) is 42.3 Å². The van der Waals surface area contributed by atoms with Crippen molar-refractivity contribution < 1.29 is 28.6 Å². The Labute approximate surface area is 223 Å². The normalized spacial score (nSPS) is 14.2. The summed E-state index contributed by atoms with van der Waals surface area (Å²) in [6.45, 7) is 0.303. The molecule has 1 aliphatic heterocycles. The zero-order valence-corrected chi connectivity index (χ0v) is 21.3. The maximum atomic E-state index is 13.0. The smallest absolute Gasteiger partial charge is 0.343 e. The number of rotatable bonds is 8. The van der Waals surface area contributed by atoms with Crippen LogP contribution in [-0.2, 0) is 4.79 Å². The van der Waals surface area contributed by atoms with E-state index >= 15 is 0 Å². The molecule has 2 amide bonds. The number of fused-ring (bicyclic) bond motifs is 1. The zero-order chi connectivity index (χ0) is 26.5. The quantitative estimate of drug-likeness (QED) is 0.154. The fourth-order valence-electron chi connectivity index (χ4n) is 4.00. The van der Waals surface area contributed by atoms with Crippen LogP contribution in [0.5, 0.6) is 17.2 Å². The summed E-state index contributed by atoms with van der Waals surface area (Å²) in [5, 5.41) is 1.66. The Morgan fingerprint density at radius 3 is 2.45 bits per heavy atom. The summed E-state index contributed by atoms with van der Waals surface area (Å²) in [6.07, 6.45) is 1.61. The molecule has 4 aromatic carbocycles. The number of methoxy groups -OCH3 is 1. The van der Waals surface area contributed by atoms with E-state index in [1.807, 2.05) is 48.5 Å². The molecule has 0 saturated carbocycles. The largest absolute Gasteiger partial charge is 0.493 e. The average Bonchev–Trinajstić information content (AvgIpc) is 3.21. The molecule has 1 fully saturated rings. The number of ether oxygens (including phenoxy) is 3. The second-order valence-corrected chi connectivity index (χ2v) is 9.32. The molecule has 0 bridgehead atoms. The van der Waals surface area contributed by atoms with Gasteiger partial charge in [0, 0.05) is 5.39 Å². The number of hydrogen-bond acceptors (Lipinski definition) is 7. The summed E-state index contributed by atoms with van der Waals surface area (Å²) < 4.78 is 16.8. The molecule has 8 heteroatoms. The van der Waals surface area contributed by atoms with Crippen molar-refractivity contribution in [3.63, 3.8) is 0 Å². The first-order valence-electron chi connectivity index (χ1n) is 11.8. The van der Waals surface area contributed by atoms with Gasteiger partial charge in [0.15, 0.2) is 11.5 Å². The summed E-state index contributed by atoms with van der Waals surface area (Å²) in [4.78, 5) is 39.4. The molecule has 0 atom stereocenters. The molecular formula is C30H23NO6S. The van der Waals surface area contributed by atoms with Gasteiger partial charge in [0.1, 0.15) is 12.4 Å². The van der Waals surface area contributed by atoms with Crippen molar-refractivity contribution in [1.29, 1.82) is 0 Å². The molecule has 1 heterocycles. The molecule has 0 aliphatic carbocycles. The molecule has 0 aromatic heterocycles. The Bertz CT molecular complexity index is 1540. The minimum Gasteiger partial charge on any atom is -0.493 e. The number of thioether (sulfide) groups is 1. The topological polar surface area (TPSA) is 82.1 Å². The maximum absolute atomic E-state index is 13.0. The Kier molecular flexibility index (Phi) is 7.42. The van der Waals surface area contributed by atoms with E-state index in [0.717, 1.165) is 22.5 Å². The van der Waals surface area contributed by atoms with Crippen molar-refractivity contribution in [1.82, 2.24) is 4.90 Å². The van der Waals surface area contributed by atoms with Gasteiger partial charge in [0.25, 0.3) is 11.1 Å². The van der Waals surface area contributed by atoms with Gasteiger partial charge in [-0.15, -0.1) is 0 Å². The first kappa shape index (κ1) is 25.1. The lowest BCUT2D eigenvalue weighted by atomic mass is 10.1. The van der Waals surface area contributed by atoms with E-state index in [1.165, 1.54) is 12.0 Å². The third-order valence-corrected chi connectivity index (χ3v) is 6.80. The maximum Gasteiger partial charge on any atom is 0.343 e. The Hall–Kier alpha value is -4.56. The SMILES string of the molecule is COc1cc(/C=C2\SC(=O)N(CCOc3cccc4ccccc34)C2=O)ccc1OC(=O)c1ccccc1. The van der Waals surface area contributed by atoms with Crippen LogP contribution in [0.25, 0.3) is 16.8 Å². The van der Waals surface area contributed by atoms with Crippen molar-refractivity contribution in [2.75, 3.05) is 20.3 Å². The van der Waals surface area contributed by atoms with Crippen molar-refractivity contribution >= 4 is 45.7 Å². The summed E-state index contributed by atoms with van der Waals surface area (Å²) in [5.41, 5.74) is 1.04. The molecule has 0 radical (unpaired) electrons. The second kappa shape index (κ2) is 11.2. The molecule has 1 aliphatic rings. The van der Waals surface area contributed by atoms with Crippen LogP contribution >= 0.6 is 11.8 Å². The Morgan fingerprint density at radius 2 is 1.63 bits per heavy atom. The number of carbonyl (C=O) groups excluding carboxylic acids is 3. The van der Waals surface area contributed by atoms with Crippen LogP contribution in [0.4, 0.5) is 4.79 Å². The first-order valence-corrected chi connectivity index (χ1v) is 12.7. The zero-order valence-electron chi connectivity index (χ0n) is 20.5. The average molecular weight is 526 g/mol. The van der Waals surface area contributed by atoms with E-state index in [-0.39, 0.29) is 35.0 Å². The van der Waals surface area contributed by atoms with Crippen LogP contribution in [0.15, 0.2) is 95.9 Å². The highest BCUT2D eigenvalue weighted by atomic mass is 32.2. The lowest BCUT2D eigenvalue weighted by molar-refractivity contribution is -0.123. The van der Waals surface area contributed by atoms with Crippen molar-refractivity contribution in [2.45, 2.75) is 0 Å². The lowest BCUT2D eigenvalue weighted by Crippen LogP contribution is -2.32. The van der Waals surface area contributed by atoms with Gasteiger partial charge in [-0.3, -0.25) is 14.5 Å². The first-order chi connectivity index (χ1) is 18.5. The molecule has 38 heavy (non-hydrogen) atoms. The molecule has 5 rings (SSSR count). The molecule has 190 valence electrons. The third kappa shape index (κ3) is 5.40. The van der Waals surface area contributed by atoms with Crippen LogP contribution in [0.2, 0.25) is 0 Å². The van der Waals surface area contributed by atoms with Gasteiger partial charge in [-0.2, -0.15) is 0 Å². The summed E-state index contributed by atoms with van der Waals surface area (Å²) in [7, 11) is 1.46. The highest BCUT2D eigenvalue weighted by Gasteiger charge is 2.34. The summed E-state index contributed by atoms with van der Waals surface area (Å²) in [5.74, 6) is 0.372. The highest BCUT2D eigenvalue weighted by Crippen LogP contribution is 2.35. The lowest BCUT2D eigenvalue weighted by Gasteiger charge is -2.14. The van der Waals surface area contributed by atoms with Gasteiger partial charge in [0.2, 0.25) is 0 Å².